The normalized spacial score (nSPS) is 11.9. The molecule has 0 saturated carbocycles. The minimum atomic E-state index is -0.140. The highest BCUT2D eigenvalue weighted by Gasteiger charge is 2.09. The first-order valence-electron chi connectivity index (χ1n) is 6.37. The highest BCUT2D eigenvalue weighted by molar-refractivity contribution is 9.10. The number of carbonyl (C=O) groups excluding carboxylic acids is 1. The second-order valence-electron chi connectivity index (χ2n) is 4.07. The lowest BCUT2D eigenvalue weighted by molar-refractivity contribution is 0.237. The highest BCUT2D eigenvalue weighted by Crippen LogP contribution is 2.12. The number of urea groups is 1. The SMILES string of the molecule is CCSCCCNC(=O)NC(C)c1ccc(Br)cn1. The second kappa shape index (κ2) is 9.20. The number of thioether (sulfide) groups is 1. The number of pyridine rings is 1. The lowest BCUT2D eigenvalue weighted by atomic mass is 10.2. The molecule has 6 heteroatoms. The van der Waals surface area contributed by atoms with Crippen LogP contribution in [0.3, 0.4) is 0 Å². The number of halogens is 1. The monoisotopic (exact) mass is 345 g/mol. The van der Waals surface area contributed by atoms with Gasteiger partial charge in [-0.15, -0.1) is 0 Å². The van der Waals surface area contributed by atoms with Crippen LogP contribution >= 0.6 is 27.7 Å². The van der Waals surface area contributed by atoms with E-state index in [1.54, 1.807) is 6.20 Å². The summed E-state index contributed by atoms with van der Waals surface area (Å²) in [4.78, 5) is 15.9. The molecular weight excluding hydrogens is 326 g/mol. The minimum Gasteiger partial charge on any atom is -0.338 e. The number of hydrogen-bond acceptors (Lipinski definition) is 3. The smallest absolute Gasteiger partial charge is 0.315 e. The number of amides is 2. The topological polar surface area (TPSA) is 54.0 Å². The summed E-state index contributed by atoms with van der Waals surface area (Å²) in [5.74, 6) is 2.21. The van der Waals surface area contributed by atoms with E-state index in [1.165, 1.54) is 0 Å². The Morgan fingerprint density at radius 3 is 2.95 bits per heavy atom. The summed E-state index contributed by atoms with van der Waals surface area (Å²) >= 11 is 5.22. The Hall–Kier alpha value is -0.750. The molecule has 4 nitrogen and oxygen atoms in total. The fraction of sp³-hybridized carbons (Fsp3) is 0.538. The van der Waals surface area contributed by atoms with Crippen molar-refractivity contribution in [3.63, 3.8) is 0 Å². The second-order valence-corrected chi connectivity index (χ2v) is 6.38. The summed E-state index contributed by atoms with van der Waals surface area (Å²) in [5.41, 5.74) is 0.847. The van der Waals surface area contributed by atoms with Crippen LogP contribution in [-0.2, 0) is 0 Å². The van der Waals surface area contributed by atoms with Gasteiger partial charge in [0.15, 0.2) is 0 Å². The maximum absolute atomic E-state index is 11.7. The Morgan fingerprint density at radius 1 is 1.53 bits per heavy atom. The summed E-state index contributed by atoms with van der Waals surface area (Å²) in [6.45, 7) is 4.76. The van der Waals surface area contributed by atoms with Crippen molar-refractivity contribution in [2.24, 2.45) is 0 Å². The van der Waals surface area contributed by atoms with Crippen LogP contribution in [0.25, 0.3) is 0 Å². The van der Waals surface area contributed by atoms with Gasteiger partial charge in [-0.3, -0.25) is 4.98 Å². The average molecular weight is 346 g/mol. The van der Waals surface area contributed by atoms with Crippen molar-refractivity contribution >= 4 is 33.7 Å². The maximum atomic E-state index is 11.7. The lowest BCUT2D eigenvalue weighted by Gasteiger charge is -2.14. The molecule has 0 aliphatic rings. The van der Waals surface area contributed by atoms with Crippen molar-refractivity contribution in [1.82, 2.24) is 15.6 Å². The standard InChI is InChI=1S/C13H20BrN3OS/c1-3-19-8-4-7-15-13(18)17-10(2)12-6-5-11(14)9-16-12/h5-6,9-10H,3-4,7-8H2,1-2H3,(H2,15,17,18). The predicted molar refractivity (Wildman–Crippen MR) is 84.5 cm³/mol. The molecule has 0 radical (unpaired) electrons. The van der Waals surface area contributed by atoms with E-state index in [1.807, 2.05) is 30.8 Å². The van der Waals surface area contributed by atoms with Gasteiger partial charge in [-0.1, -0.05) is 6.92 Å². The molecule has 0 aliphatic heterocycles. The van der Waals surface area contributed by atoms with Crippen LogP contribution in [-0.4, -0.2) is 29.1 Å². The van der Waals surface area contributed by atoms with E-state index >= 15 is 0 Å². The number of aromatic nitrogens is 1. The highest BCUT2D eigenvalue weighted by atomic mass is 79.9. The zero-order chi connectivity index (χ0) is 14.1. The zero-order valence-electron chi connectivity index (χ0n) is 11.3. The number of hydrogen-bond donors (Lipinski definition) is 2. The Kier molecular flexibility index (Phi) is 7.90. The number of carbonyl (C=O) groups is 1. The summed E-state index contributed by atoms with van der Waals surface area (Å²) in [5, 5.41) is 5.73. The lowest BCUT2D eigenvalue weighted by Crippen LogP contribution is -2.37. The summed E-state index contributed by atoms with van der Waals surface area (Å²) < 4.78 is 0.932. The molecule has 1 atom stereocenters. The molecule has 19 heavy (non-hydrogen) atoms. The third-order valence-corrected chi connectivity index (χ3v) is 3.95. The number of nitrogens with zero attached hydrogens (tertiary/aromatic N) is 1. The summed E-state index contributed by atoms with van der Waals surface area (Å²) in [7, 11) is 0. The van der Waals surface area contributed by atoms with Gasteiger partial charge in [0.05, 0.1) is 11.7 Å². The quantitative estimate of drug-likeness (QED) is 0.745. The van der Waals surface area contributed by atoms with Gasteiger partial charge in [-0.25, -0.2) is 4.79 Å². The first-order valence-corrected chi connectivity index (χ1v) is 8.31. The molecule has 1 aromatic heterocycles. The van der Waals surface area contributed by atoms with Gasteiger partial charge in [-0.05, 0) is 52.9 Å². The van der Waals surface area contributed by atoms with E-state index in [9.17, 15) is 4.79 Å². The predicted octanol–water partition coefficient (Wildman–Crippen LogP) is 3.35. The van der Waals surface area contributed by atoms with Gasteiger partial charge < -0.3 is 10.6 Å². The van der Waals surface area contributed by atoms with Gasteiger partial charge in [0.2, 0.25) is 0 Å². The van der Waals surface area contributed by atoms with Crippen molar-refractivity contribution in [2.75, 3.05) is 18.1 Å². The van der Waals surface area contributed by atoms with Crippen LogP contribution in [0.2, 0.25) is 0 Å². The molecule has 1 rings (SSSR count). The van der Waals surface area contributed by atoms with Gasteiger partial charge in [-0.2, -0.15) is 11.8 Å². The molecule has 0 aliphatic carbocycles. The Labute approximate surface area is 127 Å². The van der Waals surface area contributed by atoms with Crippen molar-refractivity contribution in [1.29, 1.82) is 0 Å². The van der Waals surface area contributed by atoms with Crippen molar-refractivity contribution in [2.45, 2.75) is 26.3 Å². The molecule has 0 fully saturated rings. The van der Waals surface area contributed by atoms with Crippen LogP contribution in [0.4, 0.5) is 4.79 Å². The number of nitrogens with one attached hydrogen (secondary N) is 2. The Bertz CT molecular complexity index is 386. The largest absolute Gasteiger partial charge is 0.338 e. The van der Waals surface area contributed by atoms with E-state index in [2.05, 4.69) is 38.5 Å². The minimum absolute atomic E-state index is 0.0990. The van der Waals surface area contributed by atoms with E-state index < -0.39 is 0 Å². The third kappa shape index (κ3) is 6.82. The Balaban J connectivity index is 2.26. The molecule has 1 heterocycles. The molecule has 0 saturated heterocycles. The van der Waals surface area contributed by atoms with E-state index in [-0.39, 0.29) is 12.1 Å². The van der Waals surface area contributed by atoms with Crippen molar-refractivity contribution in [3.05, 3.63) is 28.5 Å². The van der Waals surface area contributed by atoms with Gasteiger partial charge in [0.1, 0.15) is 0 Å². The van der Waals surface area contributed by atoms with Crippen LogP contribution in [0.1, 0.15) is 32.0 Å². The molecule has 106 valence electrons. The van der Waals surface area contributed by atoms with Crippen LogP contribution < -0.4 is 10.6 Å². The molecule has 2 amide bonds. The van der Waals surface area contributed by atoms with Gasteiger partial charge in [0, 0.05) is 17.2 Å². The van der Waals surface area contributed by atoms with Crippen LogP contribution in [0.5, 0.6) is 0 Å². The van der Waals surface area contributed by atoms with Gasteiger partial charge in [0.25, 0.3) is 0 Å². The molecule has 0 spiro atoms. The molecular formula is C13H20BrN3OS. The average Bonchev–Trinajstić information content (AvgIpc) is 2.39. The summed E-state index contributed by atoms with van der Waals surface area (Å²) in [6, 6.07) is 3.57. The molecule has 1 aromatic rings. The first kappa shape index (κ1) is 16.3. The fourth-order valence-corrected chi connectivity index (χ4v) is 2.36. The van der Waals surface area contributed by atoms with E-state index in [0.29, 0.717) is 6.54 Å². The molecule has 1 unspecified atom stereocenters. The third-order valence-electron chi connectivity index (χ3n) is 2.50. The van der Waals surface area contributed by atoms with E-state index in [0.717, 1.165) is 28.1 Å². The van der Waals surface area contributed by atoms with Crippen LogP contribution in [0, 0.1) is 0 Å². The maximum Gasteiger partial charge on any atom is 0.315 e. The van der Waals surface area contributed by atoms with Crippen molar-refractivity contribution < 1.29 is 4.79 Å². The van der Waals surface area contributed by atoms with E-state index in [4.69, 9.17) is 0 Å². The Morgan fingerprint density at radius 2 is 2.32 bits per heavy atom. The molecule has 2 N–H and O–H groups in total. The zero-order valence-corrected chi connectivity index (χ0v) is 13.7. The van der Waals surface area contributed by atoms with Gasteiger partial charge >= 0.3 is 6.03 Å². The van der Waals surface area contributed by atoms with Crippen LogP contribution in [0.15, 0.2) is 22.8 Å². The summed E-state index contributed by atoms with van der Waals surface area (Å²) in [6.07, 6.45) is 2.73. The molecule has 0 bridgehead atoms. The molecule has 0 aromatic carbocycles. The number of rotatable bonds is 7. The fourth-order valence-electron chi connectivity index (χ4n) is 1.49. The first-order chi connectivity index (χ1) is 9.13. The van der Waals surface area contributed by atoms with Crippen molar-refractivity contribution in [3.8, 4) is 0 Å².